The van der Waals surface area contributed by atoms with Gasteiger partial charge in [0.2, 0.25) is 5.91 Å². The predicted molar refractivity (Wildman–Crippen MR) is 210 cm³/mol. The van der Waals surface area contributed by atoms with Crippen LogP contribution in [0.25, 0.3) is 28.5 Å². The zero-order valence-corrected chi connectivity index (χ0v) is 29.9. The molecule has 5 aromatic carbocycles. The Morgan fingerprint density at radius 1 is 0.784 bits per heavy atom. The molecule has 0 saturated heterocycles. The average Bonchev–Trinajstić information content (AvgIpc) is 3.63. The van der Waals surface area contributed by atoms with Gasteiger partial charge in [0.1, 0.15) is 5.70 Å². The number of hydrogen-bond donors (Lipinski definition) is 3. The summed E-state index contributed by atoms with van der Waals surface area (Å²) < 4.78 is 0. The molecule has 1 atom stereocenters. The lowest BCUT2D eigenvalue weighted by molar-refractivity contribution is -0.116. The Morgan fingerprint density at radius 3 is 2.16 bits per heavy atom. The van der Waals surface area contributed by atoms with E-state index in [9.17, 15) is 14.4 Å². The molecule has 0 radical (unpaired) electrons. The van der Waals surface area contributed by atoms with Gasteiger partial charge in [-0.1, -0.05) is 110 Å². The molecule has 10 heteroatoms. The van der Waals surface area contributed by atoms with Crippen LogP contribution in [0.2, 0.25) is 5.02 Å². The number of amides is 3. The number of halogens is 1. The molecule has 0 spiro atoms. The second kappa shape index (κ2) is 17.0. The maximum absolute atomic E-state index is 13.7. The molecule has 0 aliphatic carbocycles. The highest BCUT2D eigenvalue weighted by Gasteiger charge is 2.21. The lowest BCUT2D eigenvalue weighted by atomic mass is 10.0. The molecule has 1 heterocycles. The van der Waals surface area contributed by atoms with Crippen LogP contribution in [0.3, 0.4) is 0 Å². The monoisotopic (exact) mass is 728 g/mol. The van der Waals surface area contributed by atoms with Crippen LogP contribution in [0.15, 0.2) is 149 Å². The van der Waals surface area contributed by atoms with Crippen LogP contribution < -0.4 is 16.0 Å². The van der Waals surface area contributed by atoms with Crippen molar-refractivity contribution in [3.05, 3.63) is 161 Å². The lowest BCUT2D eigenvalue weighted by Crippen LogP contribution is -2.30. The van der Waals surface area contributed by atoms with Crippen molar-refractivity contribution in [2.45, 2.75) is 23.5 Å². The Bertz CT molecular complexity index is 2150. The Morgan fingerprint density at radius 2 is 1.45 bits per heavy atom. The van der Waals surface area contributed by atoms with E-state index in [2.05, 4.69) is 20.9 Å². The van der Waals surface area contributed by atoms with Crippen molar-refractivity contribution >= 4 is 69.3 Å². The molecule has 51 heavy (non-hydrogen) atoms. The van der Waals surface area contributed by atoms with Crippen LogP contribution in [0.5, 0.6) is 0 Å². The van der Waals surface area contributed by atoms with E-state index in [-0.39, 0.29) is 11.6 Å². The molecule has 0 bridgehead atoms. The van der Waals surface area contributed by atoms with Crippen molar-refractivity contribution in [1.29, 1.82) is 0 Å². The average molecular weight is 729 g/mol. The molecule has 0 fully saturated rings. The summed E-state index contributed by atoms with van der Waals surface area (Å²) in [5.41, 5.74) is 5.56. The van der Waals surface area contributed by atoms with E-state index >= 15 is 0 Å². The molecule has 7 nitrogen and oxygen atoms in total. The topological polar surface area (TPSA) is 100 Å². The van der Waals surface area contributed by atoms with E-state index in [0.717, 1.165) is 32.8 Å². The van der Waals surface area contributed by atoms with Gasteiger partial charge in [-0.3, -0.25) is 14.4 Å². The van der Waals surface area contributed by atoms with E-state index in [1.165, 1.54) is 23.1 Å². The molecule has 0 aliphatic rings. The zero-order chi connectivity index (χ0) is 35.6. The van der Waals surface area contributed by atoms with Crippen molar-refractivity contribution in [2.24, 2.45) is 0 Å². The van der Waals surface area contributed by atoms with Crippen LogP contribution in [0, 0.1) is 0 Å². The first-order chi connectivity index (χ1) is 24.8. The van der Waals surface area contributed by atoms with Crippen molar-refractivity contribution in [3.8, 4) is 22.4 Å². The van der Waals surface area contributed by atoms with Gasteiger partial charge in [-0.2, -0.15) is 0 Å². The molecule has 3 amide bonds. The number of thioether (sulfide) groups is 1. The Hall–Kier alpha value is -5.48. The number of benzene rings is 5. The van der Waals surface area contributed by atoms with E-state index < -0.39 is 17.1 Å². The summed E-state index contributed by atoms with van der Waals surface area (Å²) in [6.45, 7) is 1.95. The van der Waals surface area contributed by atoms with Crippen molar-refractivity contribution < 1.29 is 14.4 Å². The van der Waals surface area contributed by atoms with Crippen LogP contribution in [0.4, 0.5) is 10.8 Å². The van der Waals surface area contributed by atoms with Crippen LogP contribution in [-0.4, -0.2) is 28.0 Å². The number of thiazole rings is 1. The third-order valence-electron chi connectivity index (χ3n) is 7.77. The lowest BCUT2D eigenvalue weighted by Gasteiger charge is -2.15. The highest BCUT2D eigenvalue weighted by atomic mass is 35.5. The normalized spacial score (nSPS) is 11.8. The summed E-state index contributed by atoms with van der Waals surface area (Å²) in [6, 6.07) is 41.2. The Balaban J connectivity index is 1.15. The quantitative estimate of drug-likeness (QED) is 0.0861. The van der Waals surface area contributed by atoms with Gasteiger partial charge < -0.3 is 16.0 Å². The van der Waals surface area contributed by atoms with E-state index in [1.807, 2.05) is 103 Å². The van der Waals surface area contributed by atoms with Gasteiger partial charge in [0, 0.05) is 32.1 Å². The Labute approximate surface area is 309 Å². The molecule has 0 saturated carbocycles. The fourth-order valence-corrected chi connectivity index (χ4v) is 6.98. The van der Waals surface area contributed by atoms with E-state index in [4.69, 9.17) is 11.6 Å². The molecule has 6 rings (SSSR count). The van der Waals surface area contributed by atoms with E-state index in [1.54, 1.807) is 48.5 Å². The van der Waals surface area contributed by atoms with Gasteiger partial charge in [-0.15, -0.1) is 23.1 Å². The summed E-state index contributed by atoms with van der Waals surface area (Å²) in [5, 5.41) is 11.3. The van der Waals surface area contributed by atoms with Gasteiger partial charge in [0.15, 0.2) is 5.13 Å². The number of nitrogens with one attached hydrogen (secondary N) is 3. The predicted octanol–water partition coefficient (Wildman–Crippen LogP) is 10.0. The van der Waals surface area contributed by atoms with Gasteiger partial charge in [-0.25, -0.2) is 4.98 Å². The molecule has 1 unspecified atom stereocenters. The largest absolute Gasteiger partial charge is 0.321 e. The molecule has 3 N–H and O–H groups in total. The van der Waals surface area contributed by atoms with Crippen LogP contribution in [-0.2, 0) is 9.59 Å². The van der Waals surface area contributed by atoms with Crippen molar-refractivity contribution in [1.82, 2.24) is 10.3 Å². The molecule has 6 aromatic rings. The summed E-state index contributed by atoms with van der Waals surface area (Å²) in [5.74, 6) is -1.06. The van der Waals surface area contributed by atoms with E-state index in [0.29, 0.717) is 27.8 Å². The summed E-state index contributed by atoms with van der Waals surface area (Å²) in [7, 11) is 0. The second-order valence-electron chi connectivity index (χ2n) is 11.4. The third kappa shape index (κ3) is 9.61. The number of aromatic nitrogens is 1. The first-order valence-electron chi connectivity index (χ1n) is 16.2. The van der Waals surface area contributed by atoms with Crippen LogP contribution >= 0.6 is 34.7 Å². The van der Waals surface area contributed by atoms with Crippen LogP contribution in [0.1, 0.15) is 29.3 Å². The number of hydrogen-bond acceptors (Lipinski definition) is 6. The SMILES string of the molecule is CCC(Sc1cccc(NC(=O)/C(=C\c2ccc(-c3ccccc3)cc2)NC(=O)c2ccccc2)c1)C(=O)Nc1nc(-c2ccc(Cl)cc2)cs1. The smallest absolute Gasteiger partial charge is 0.272 e. The molecule has 0 aliphatic heterocycles. The number of rotatable bonds is 12. The number of anilines is 2. The minimum absolute atomic E-state index is 0.0848. The molecular weight excluding hydrogens is 696 g/mol. The fourth-order valence-electron chi connectivity index (χ4n) is 5.11. The van der Waals surface area contributed by atoms with Gasteiger partial charge in [0.25, 0.3) is 11.8 Å². The summed E-state index contributed by atoms with van der Waals surface area (Å²) in [6.07, 6.45) is 2.22. The third-order valence-corrected chi connectivity index (χ3v) is 10.1. The highest BCUT2D eigenvalue weighted by Crippen LogP contribution is 2.31. The maximum atomic E-state index is 13.7. The minimum Gasteiger partial charge on any atom is -0.321 e. The fraction of sp³-hybridized carbons (Fsp3) is 0.0732. The molecular formula is C41H33ClN4O3S2. The summed E-state index contributed by atoms with van der Waals surface area (Å²) >= 11 is 8.77. The molecule has 254 valence electrons. The standard InChI is InChI=1S/C41H33ClN4O3S2/c1-2-37(40(49)46-41-45-36(26-50-41)30-20-22-32(42)23-21-30)51-34-15-9-14-33(25-34)43-39(48)35(44-38(47)31-12-7-4-8-13-31)24-27-16-18-29(19-17-27)28-10-5-3-6-11-28/h3-26,37H,2H2,1H3,(H,43,48)(H,44,47)(H,45,46,49)/b35-24+. The van der Waals surface area contributed by atoms with Crippen molar-refractivity contribution in [2.75, 3.05) is 10.6 Å². The zero-order valence-electron chi connectivity index (χ0n) is 27.5. The highest BCUT2D eigenvalue weighted by molar-refractivity contribution is 8.00. The number of carbonyl (C=O) groups excluding carboxylic acids is 3. The van der Waals surface area contributed by atoms with Gasteiger partial charge >= 0.3 is 0 Å². The first kappa shape index (κ1) is 35.3. The van der Waals surface area contributed by atoms with Gasteiger partial charge in [0.05, 0.1) is 10.9 Å². The minimum atomic E-state index is -0.487. The van der Waals surface area contributed by atoms with Gasteiger partial charge in [-0.05, 0) is 71.7 Å². The Kier molecular flexibility index (Phi) is 11.8. The summed E-state index contributed by atoms with van der Waals surface area (Å²) in [4.78, 5) is 45.5. The second-order valence-corrected chi connectivity index (χ2v) is 14.0. The maximum Gasteiger partial charge on any atom is 0.272 e. The van der Waals surface area contributed by atoms with Crippen molar-refractivity contribution in [3.63, 3.8) is 0 Å². The number of carbonyl (C=O) groups is 3. The number of nitrogens with zero attached hydrogens (tertiary/aromatic N) is 1. The molecule has 1 aromatic heterocycles. The first-order valence-corrected chi connectivity index (χ1v) is 18.3.